The van der Waals surface area contributed by atoms with Crippen LogP contribution in [-0.4, -0.2) is 37.6 Å². The number of hydrogen-bond acceptors (Lipinski definition) is 6. The van der Waals surface area contributed by atoms with Crippen LogP contribution in [-0.2, 0) is 16.0 Å². The van der Waals surface area contributed by atoms with Crippen molar-refractivity contribution in [1.29, 1.82) is 0 Å². The Morgan fingerprint density at radius 2 is 1.59 bits per heavy atom. The number of benzene rings is 2. The summed E-state index contributed by atoms with van der Waals surface area (Å²) in [6.45, 7) is 0. The topological polar surface area (TPSA) is 109 Å². The van der Waals surface area contributed by atoms with Gasteiger partial charge in [-0.05, 0) is 5.56 Å². The number of amides is 1. The number of Topliss-reactive ketones (excluding diaryl/α,β-unsaturated/α-hetero) is 1. The van der Waals surface area contributed by atoms with Crippen LogP contribution in [0.2, 0.25) is 0 Å². The molecule has 1 heterocycles. The van der Waals surface area contributed by atoms with Crippen molar-refractivity contribution in [3.63, 3.8) is 0 Å². The van der Waals surface area contributed by atoms with Crippen molar-refractivity contribution in [2.75, 3.05) is 0 Å². The third-order valence-electron chi connectivity index (χ3n) is 3.87. The fourth-order valence-electron chi connectivity index (χ4n) is 2.56. The summed E-state index contributed by atoms with van der Waals surface area (Å²) < 4.78 is 8.16. The molecule has 0 saturated carbocycles. The summed E-state index contributed by atoms with van der Waals surface area (Å²) in [6, 6.07) is 16.7. The second kappa shape index (κ2) is 8.33. The molecule has 2 aromatic carbocycles. The van der Waals surface area contributed by atoms with Gasteiger partial charge in [0, 0.05) is 12.0 Å². The van der Waals surface area contributed by atoms with E-state index in [2.05, 4.69) is 14.1 Å². The number of aromatic nitrogens is 2. The SMILES string of the molecule is O=C(O)C(=O)C(Cc1ccccc1)NC(=O)c1nsnc1-c1ccccc1. The van der Waals surface area contributed by atoms with Gasteiger partial charge in [0.1, 0.15) is 11.7 Å². The molecule has 3 rings (SSSR count). The van der Waals surface area contributed by atoms with Gasteiger partial charge in [0.05, 0.1) is 11.7 Å². The summed E-state index contributed by atoms with van der Waals surface area (Å²) in [5.74, 6) is -3.33. The number of nitrogens with zero attached hydrogens (tertiary/aromatic N) is 2. The average molecular weight is 381 g/mol. The highest BCUT2D eigenvalue weighted by atomic mass is 32.1. The predicted octanol–water partition coefficient (Wildman–Crippen LogP) is 2.20. The molecule has 0 fully saturated rings. The van der Waals surface area contributed by atoms with E-state index in [0.717, 1.165) is 17.3 Å². The number of carboxylic acids is 1. The van der Waals surface area contributed by atoms with Gasteiger partial charge in [-0.1, -0.05) is 60.7 Å². The monoisotopic (exact) mass is 381 g/mol. The highest BCUT2D eigenvalue weighted by molar-refractivity contribution is 6.99. The highest BCUT2D eigenvalue weighted by Gasteiger charge is 2.29. The van der Waals surface area contributed by atoms with Crippen LogP contribution in [0.3, 0.4) is 0 Å². The van der Waals surface area contributed by atoms with Gasteiger partial charge in [0.25, 0.3) is 11.7 Å². The van der Waals surface area contributed by atoms with Crippen LogP contribution >= 0.6 is 11.7 Å². The van der Waals surface area contributed by atoms with E-state index >= 15 is 0 Å². The van der Waals surface area contributed by atoms with Gasteiger partial charge in [-0.25, -0.2) is 4.79 Å². The van der Waals surface area contributed by atoms with E-state index < -0.39 is 23.7 Å². The molecule has 0 bridgehead atoms. The van der Waals surface area contributed by atoms with Gasteiger partial charge in [-0.3, -0.25) is 9.59 Å². The molecular weight excluding hydrogens is 366 g/mol. The van der Waals surface area contributed by atoms with Gasteiger partial charge in [-0.15, -0.1) is 0 Å². The lowest BCUT2D eigenvalue weighted by Gasteiger charge is -2.15. The quantitative estimate of drug-likeness (QED) is 0.607. The molecule has 1 amide bonds. The first kappa shape index (κ1) is 18.4. The predicted molar refractivity (Wildman–Crippen MR) is 99.4 cm³/mol. The fraction of sp³-hybridized carbons (Fsp3) is 0.105. The highest BCUT2D eigenvalue weighted by Crippen LogP contribution is 2.21. The first-order valence-corrected chi connectivity index (χ1v) is 8.79. The Hall–Kier alpha value is -3.39. The van der Waals surface area contributed by atoms with Crippen LogP contribution in [0, 0.1) is 0 Å². The number of carboxylic acid groups (broad SMARTS) is 1. The van der Waals surface area contributed by atoms with E-state index in [9.17, 15) is 14.4 Å². The largest absolute Gasteiger partial charge is 0.475 e. The van der Waals surface area contributed by atoms with Crippen LogP contribution in [0.15, 0.2) is 60.7 Å². The maximum atomic E-state index is 12.7. The Morgan fingerprint density at radius 1 is 0.963 bits per heavy atom. The lowest BCUT2D eigenvalue weighted by atomic mass is 10.0. The fourth-order valence-corrected chi connectivity index (χ4v) is 3.12. The number of carbonyl (C=O) groups is 3. The van der Waals surface area contributed by atoms with Gasteiger partial charge in [0.15, 0.2) is 5.69 Å². The minimum atomic E-state index is -1.60. The lowest BCUT2D eigenvalue weighted by molar-refractivity contribution is -0.149. The van der Waals surface area contributed by atoms with E-state index in [1.165, 1.54) is 0 Å². The first-order chi connectivity index (χ1) is 13.1. The second-order valence-electron chi connectivity index (χ2n) is 5.71. The van der Waals surface area contributed by atoms with Crippen molar-refractivity contribution in [3.8, 4) is 11.3 Å². The van der Waals surface area contributed by atoms with Gasteiger partial charge in [-0.2, -0.15) is 8.75 Å². The summed E-state index contributed by atoms with van der Waals surface area (Å²) in [5.41, 5.74) is 1.89. The number of hydrogen-bond donors (Lipinski definition) is 2. The van der Waals surface area contributed by atoms with Gasteiger partial charge in [0.2, 0.25) is 0 Å². The number of nitrogens with one attached hydrogen (secondary N) is 1. The van der Waals surface area contributed by atoms with Gasteiger partial charge < -0.3 is 10.4 Å². The molecule has 0 radical (unpaired) electrons. The standard InChI is InChI=1S/C19H15N3O4S/c23-17(19(25)26)14(11-12-7-3-1-4-8-12)20-18(24)16-15(21-27-22-16)13-9-5-2-6-10-13/h1-10,14H,11H2,(H,20,24)(H,25,26). The zero-order chi connectivity index (χ0) is 19.2. The molecule has 3 aromatic rings. The molecule has 7 nitrogen and oxygen atoms in total. The number of rotatable bonds is 7. The molecule has 8 heteroatoms. The first-order valence-electron chi connectivity index (χ1n) is 8.06. The van der Waals surface area contributed by atoms with E-state index in [-0.39, 0.29) is 12.1 Å². The summed E-state index contributed by atoms with van der Waals surface area (Å²) in [6.07, 6.45) is 0.0654. The Balaban J connectivity index is 1.84. The van der Waals surface area contributed by atoms with E-state index in [4.69, 9.17) is 5.11 Å². The van der Waals surface area contributed by atoms with Crippen molar-refractivity contribution in [2.24, 2.45) is 0 Å². The summed E-state index contributed by atoms with van der Waals surface area (Å²) in [4.78, 5) is 35.9. The lowest BCUT2D eigenvalue weighted by Crippen LogP contribution is -2.45. The van der Waals surface area contributed by atoms with Crippen LogP contribution < -0.4 is 5.32 Å². The molecule has 1 unspecified atom stereocenters. The molecule has 1 aromatic heterocycles. The van der Waals surface area contributed by atoms with Gasteiger partial charge >= 0.3 is 5.97 Å². The van der Waals surface area contributed by atoms with E-state index in [0.29, 0.717) is 11.3 Å². The molecule has 2 N–H and O–H groups in total. The normalized spacial score (nSPS) is 11.6. The van der Waals surface area contributed by atoms with Crippen LogP contribution in [0.25, 0.3) is 11.3 Å². The van der Waals surface area contributed by atoms with Crippen molar-refractivity contribution in [3.05, 3.63) is 71.9 Å². The Kier molecular flexibility index (Phi) is 5.68. The van der Waals surface area contributed by atoms with E-state index in [1.54, 1.807) is 36.4 Å². The number of ketones is 1. The number of carbonyl (C=O) groups excluding carboxylic acids is 2. The second-order valence-corrected chi connectivity index (χ2v) is 6.24. The number of aliphatic carboxylic acids is 1. The Morgan fingerprint density at radius 3 is 2.22 bits per heavy atom. The summed E-state index contributed by atoms with van der Waals surface area (Å²) in [5, 5.41) is 11.6. The van der Waals surface area contributed by atoms with Crippen LogP contribution in [0.5, 0.6) is 0 Å². The summed E-state index contributed by atoms with van der Waals surface area (Å²) in [7, 11) is 0. The Bertz CT molecular complexity index is 957. The molecule has 0 aliphatic heterocycles. The Labute approximate surface area is 159 Å². The van der Waals surface area contributed by atoms with Crippen molar-refractivity contribution < 1.29 is 19.5 Å². The molecular formula is C19H15N3O4S. The minimum absolute atomic E-state index is 0.0578. The average Bonchev–Trinajstić information content (AvgIpc) is 3.18. The third-order valence-corrected chi connectivity index (χ3v) is 4.39. The summed E-state index contributed by atoms with van der Waals surface area (Å²) >= 11 is 0.873. The molecule has 27 heavy (non-hydrogen) atoms. The molecule has 0 aliphatic rings. The maximum Gasteiger partial charge on any atom is 0.374 e. The van der Waals surface area contributed by atoms with Crippen molar-refractivity contribution >= 4 is 29.4 Å². The molecule has 136 valence electrons. The smallest absolute Gasteiger partial charge is 0.374 e. The zero-order valence-electron chi connectivity index (χ0n) is 14.0. The molecule has 1 atom stereocenters. The van der Waals surface area contributed by atoms with E-state index in [1.807, 2.05) is 24.3 Å². The van der Waals surface area contributed by atoms with Crippen LogP contribution in [0.4, 0.5) is 0 Å². The molecule has 0 spiro atoms. The maximum absolute atomic E-state index is 12.7. The van der Waals surface area contributed by atoms with Crippen molar-refractivity contribution in [1.82, 2.24) is 14.1 Å². The molecule has 0 saturated heterocycles. The zero-order valence-corrected chi connectivity index (χ0v) is 14.8. The molecule has 0 aliphatic carbocycles. The van der Waals surface area contributed by atoms with Crippen molar-refractivity contribution in [2.45, 2.75) is 12.5 Å². The third kappa shape index (κ3) is 4.42. The van der Waals surface area contributed by atoms with Crippen LogP contribution in [0.1, 0.15) is 16.1 Å². The minimum Gasteiger partial charge on any atom is -0.475 e.